The number of halogens is 1. The summed E-state index contributed by atoms with van der Waals surface area (Å²) in [4.78, 5) is 31.0. The molecule has 2 fully saturated rings. The van der Waals surface area contributed by atoms with Crippen molar-refractivity contribution in [3.8, 4) is 0 Å². The van der Waals surface area contributed by atoms with E-state index in [4.69, 9.17) is 0 Å². The van der Waals surface area contributed by atoms with Gasteiger partial charge in [-0.1, -0.05) is 25.0 Å². The summed E-state index contributed by atoms with van der Waals surface area (Å²) in [7, 11) is 0. The fourth-order valence-corrected chi connectivity index (χ4v) is 5.12. The van der Waals surface area contributed by atoms with E-state index in [1.165, 1.54) is 23.5 Å². The number of hydrogen-bond donors (Lipinski definition) is 3. The second-order valence-electron chi connectivity index (χ2n) is 8.38. The minimum Gasteiger partial charge on any atom is -0.351 e. The number of piperazine rings is 1. The second kappa shape index (κ2) is 10.2. The smallest absolute Gasteiger partial charge is 0.321 e. The molecule has 3 atom stereocenters. The first-order chi connectivity index (χ1) is 15.0. The number of benzene rings is 1. The molecule has 1 saturated carbocycles. The van der Waals surface area contributed by atoms with Crippen molar-refractivity contribution in [2.45, 2.75) is 44.2 Å². The van der Waals surface area contributed by atoms with Crippen molar-refractivity contribution < 1.29 is 14.0 Å². The highest BCUT2D eigenvalue weighted by Crippen LogP contribution is 2.26. The van der Waals surface area contributed by atoms with Crippen molar-refractivity contribution in [1.29, 1.82) is 0 Å². The number of anilines is 1. The second-order valence-corrected chi connectivity index (χ2v) is 9.27. The Bertz CT molecular complexity index is 877. The lowest BCUT2D eigenvalue weighted by atomic mass is 9.84. The van der Waals surface area contributed by atoms with Gasteiger partial charge in [0.15, 0.2) is 5.13 Å². The van der Waals surface area contributed by atoms with Crippen molar-refractivity contribution >= 4 is 28.4 Å². The predicted octanol–water partition coefficient (Wildman–Crippen LogP) is 3.01. The van der Waals surface area contributed by atoms with Crippen LogP contribution in [0.2, 0.25) is 0 Å². The van der Waals surface area contributed by atoms with Crippen LogP contribution in [0.5, 0.6) is 0 Å². The summed E-state index contributed by atoms with van der Waals surface area (Å²) in [5, 5.41) is 11.4. The first-order valence-electron chi connectivity index (χ1n) is 10.8. The predicted molar refractivity (Wildman–Crippen MR) is 118 cm³/mol. The van der Waals surface area contributed by atoms with Crippen LogP contribution in [0.25, 0.3) is 0 Å². The van der Waals surface area contributed by atoms with Gasteiger partial charge in [-0.3, -0.25) is 15.0 Å². The van der Waals surface area contributed by atoms with Crippen molar-refractivity contribution in [2.75, 3.05) is 25.0 Å². The van der Waals surface area contributed by atoms with Crippen LogP contribution in [-0.4, -0.2) is 53.5 Å². The normalized spacial score (nSPS) is 24.4. The number of amides is 3. The van der Waals surface area contributed by atoms with Crippen LogP contribution in [-0.2, 0) is 11.2 Å². The average Bonchev–Trinajstić information content (AvgIpc) is 3.24. The molecule has 31 heavy (non-hydrogen) atoms. The summed E-state index contributed by atoms with van der Waals surface area (Å²) in [6, 6.07) is 6.28. The number of thiazole rings is 1. The number of nitrogens with zero attached hydrogens (tertiary/aromatic N) is 2. The summed E-state index contributed by atoms with van der Waals surface area (Å²) in [6.07, 6.45) is 6.53. The molecule has 3 N–H and O–H groups in total. The Hall–Kier alpha value is -2.52. The first kappa shape index (κ1) is 21.7. The summed E-state index contributed by atoms with van der Waals surface area (Å²) < 4.78 is 13.2. The molecular formula is C22H28FN5O2S. The molecule has 0 bridgehead atoms. The number of carbonyl (C=O) groups is 2. The average molecular weight is 446 g/mol. The van der Waals surface area contributed by atoms with E-state index in [9.17, 15) is 14.0 Å². The van der Waals surface area contributed by atoms with Crippen LogP contribution < -0.4 is 16.0 Å². The van der Waals surface area contributed by atoms with E-state index in [0.717, 1.165) is 44.3 Å². The van der Waals surface area contributed by atoms with Crippen molar-refractivity contribution in [1.82, 2.24) is 20.5 Å². The van der Waals surface area contributed by atoms with E-state index >= 15 is 0 Å². The van der Waals surface area contributed by atoms with Gasteiger partial charge >= 0.3 is 6.03 Å². The molecule has 2 aromatic rings. The van der Waals surface area contributed by atoms with Gasteiger partial charge in [-0.25, -0.2) is 14.2 Å². The summed E-state index contributed by atoms with van der Waals surface area (Å²) in [6.45, 7) is 1.89. The highest BCUT2D eigenvalue weighted by atomic mass is 32.1. The lowest BCUT2D eigenvalue weighted by Crippen LogP contribution is -2.57. The molecule has 0 radical (unpaired) electrons. The Labute approximate surface area is 185 Å². The maximum absolute atomic E-state index is 13.2. The zero-order valence-corrected chi connectivity index (χ0v) is 18.2. The fourth-order valence-electron chi connectivity index (χ4n) is 4.59. The summed E-state index contributed by atoms with van der Waals surface area (Å²) in [5.41, 5.74) is 1.00. The van der Waals surface area contributed by atoms with Crippen molar-refractivity contribution in [3.05, 3.63) is 47.2 Å². The van der Waals surface area contributed by atoms with E-state index in [0.29, 0.717) is 24.0 Å². The fraction of sp³-hybridized carbons (Fsp3) is 0.500. The third kappa shape index (κ3) is 6.24. The van der Waals surface area contributed by atoms with Crippen LogP contribution in [0.1, 0.15) is 31.2 Å². The molecule has 1 aromatic heterocycles. The Balaban J connectivity index is 1.33. The third-order valence-corrected chi connectivity index (χ3v) is 6.67. The highest BCUT2D eigenvalue weighted by molar-refractivity contribution is 7.13. The van der Waals surface area contributed by atoms with Crippen molar-refractivity contribution in [3.63, 3.8) is 0 Å². The van der Waals surface area contributed by atoms with Gasteiger partial charge in [0.25, 0.3) is 0 Å². The molecule has 1 aliphatic carbocycles. The number of urea groups is 1. The summed E-state index contributed by atoms with van der Waals surface area (Å²) >= 11 is 1.39. The Kier molecular flexibility index (Phi) is 7.14. The molecule has 1 aliphatic heterocycles. The van der Waals surface area contributed by atoms with Gasteiger partial charge in [0, 0.05) is 36.8 Å². The van der Waals surface area contributed by atoms with Gasteiger partial charge in [-0.2, -0.15) is 0 Å². The third-order valence-electron chi connectivity index (χ3n) is 5.98. The number of aromatic nitrogens is 1. The van der Waals surface area contributed by atoms with Gasteiger partial charge < -0.3 is 10.6 Å². The van der Waals surface area contributed by atoms with Crippen LogP contribution in [0.15, 0.2) is 35.8 Å². The minimum atomic E-state index is -0.257. The molecule has 2 aliphatic rings. The maximum atomic E-state index is 13.2. The lowest BCUT2D eigenvalue weighted by Gasteiger charge is -2.39. The van der Waals surface area contributed by atoms with E-state index in [1.54, 1.807) is 18.3 Å². The van der Waals surface area contributed by atoms with E-state index in [2.05, 4.69) is 25.8 Å². The topological polar surface area (TPSA) is 86.4 Å². The van der Waals surface area contributed by atoms with Crippen LogP contribution >= 0.6 is 11.3 Å². The van der Waals surface area contributed by atoms with Gasteiger partial charge in [0.1, 0.15) is 5.82 Å². The van der Waals surface area contributed by atoms with Gasteiger partial charge in [-0.15, -0.1) is 11.3 Å². The lowest BCUT2D eigenvalue weighted by molar-refractivity contribution is -0.125. The molecule has 4 rings (SSSR count). The van der Waals surface area contributed by atoms with Crippen LogP contribution in [0.3, 0.4) is 0 Å². The van der Waals surface area contributed by atoms with Gasteiger partial charge in [-0.05, 0) is 42.9 Å². The molecule has 166 valence electrons. The maximum Gasteiger partial charge on any atom is 0.321 e. The molecule has 2 heterocycles. The molecule has 1 aromatic carbocycles. The minimum absolute atomic E-state index is 0.00471. The molecule has 0 unspecified atom stereocenters. The Morgan fingerprint density at radius 3 is 2.84 bits per heavy atom. The van der Waals surface area contributed by atoms with Crippen LogP contribution in [0.4, 0.5) is 14.3 Å². The number of hydrogen-bond acceptors (Lipinski definition) is 5. The number of rotatable bonds is 6. The van der Waals surface area contributed by atoms with E-state index < -0.39 is 0 Å². The number of nitrogens with one attached hydrogen (secondary N) is 3. The SMILES string of the molecule is O=C1CN(C[C@@H]2CCCC[C@H]2NC(=O)Nc2nccs2)C[C@H](Cc2ccc(F)cc2)N1. The van der Waals surface area contributed by atoms with Crippen molar-refractivity contribution in [2.24, 2.45) is 5.92 Å². The molecule has 7 nitrogen and oxygen atoms in total. The highest BCUT2D eigenvalue weighted by Gasteiger charge is 2.32. The summed E-state index contributed by atoms with van der Waals surface area (Å²) in [5.74, 6) is 0.0566. The Morgan fingerprint density at radius 1 is 1.26 bits per heavy atom. The quantitative estimate of drug-likeness (QED) is 0.638. The monoisotopic (exact) mass is 445 g/mol. The molecular weight excluding hydrogens is 417 g/mol. The molecule has 1 saturated heterocycles. The Morgan fingerprint density at radius 2 is 2.06 bits per heavy atom. The standard InChI is InChI=1S/C22H28FN5O2S/c23-17-7-5-15(6-8-17)11-18-13-28(14-20(29)25-18)12-16-3-1-2-4-19(16)26-21(30)27-22-24-9-10-31-22/h5-10,16,18-19H,1-4,11-14H2,(H,25,29)(H2,24,26,27,30)/t16-,18-,19+/m0/s1. The van der Waals surface area contributed by atoms with Gasteiger partial charge in [0.05, 0.1) is 6.54 Å². The van der Waals surface area contributed by atoms with Crippen LogP contribution in [0, 0.1) is 11.7 Å². The number of carbonyl (C=O) groups excluding carboxylic acids is 2. The zero-order valence-electron chi connectivity index (χ0n) is 17.4. The molecule has 9 heteroatoms. The van der Waals surface area contributed by atoms with Gasteiger partial charge in [0.2, 0.25) is 5.91 Å². The largest absolute Gasteiger partial charge is 0.351 e. The van der Waals surface area contributed by atoms with E-state index in [1.807, 2.05) is 5.38 Å². The molecule has 0 spiro atoms. The molecule has 3 amide bonds. The zero-order chi connectivity index (χ0) is 21.6. The first-order valence-corrected chi connectivity index (χ1v) is 11.7. The van der Waals surface area contributed by atoms with E-state index in [-0.39, 0.29) is 29.8 Å².